The van der Waals surface area contributed by atoms with Gasteiger partial charge in [0.25, 0.3) is 0 Å². The molecule has 0 N–H and O–H groups in total. The van der Waals surface area contributed by atoms with Gasteiger partial charge in [0.1, 0.15) is 0 Å². The minimum atomic E-state index is -4.74. The van der Waals surface area contributed by atoms with Crippen LogP contribution in [0.1, 0.15) is 19.3 Å². The van der Waals surface area contributed by atoms with Gasteiger partial charge in [-0.05, 0) is 18.8 Å². The third-order valence-electron chi connectivity index (χ3n) is 1.89. The molecule has 66 valence electrons. The molecule has 0 heterocycles. The van der Waals surface area contributed by atoms with Crippen molar-refractivity contribution in [3.63, 3.8) is 0 Å². The van der Waals surface area contributed by atoms with Gasteiger partial charge in [-0.1, -0.05) is 6.42 Å². The van der Waals surface area contributed by atoms with Gasteiger partial charge in [0.05, 0.1) is 0 Å². The minimum Gasteiger partial charge on any atom is -0.447 e. The summed E-state index contributed by atoms with van der Waals surface area (Å²) in [4.78, 5) is 0. The average Bonchev–Trinajstić information content (AvgIpc) is 1.73. The minimum absolute atomic E-state index is 0. The maximum absolute atomic E-state index is 11.6. The Balaban J connectivity index is 0.00000121. The molecule has 0 radical (unpaired) electrons. The van der Waals surface area contributed by atoms with Crippen LogP contribution < -0.4 is 51.4 Å². The smallest absolute Gasteiger partial charge is 0.447 e. The van der Waals surface area contributed by atoms with Gasteiger partial charge >= 0.3 is 58.4 Å². The summed E-state index contributed by atoms with van der Waals surface area (Å²) >= 11 is 0. The Morgan fingerprint density at radius 3 is 2.17 bits per heavy atom. The third kappa shape index (κ3) is 5.99. The number of rotatable bonds is 4. The van der Waals surface area contributed by atoms with Gasteiger partial charge in [0.2, 0.25) is 0 Å². The van der Waals surface area contributed by atoms with Gasteiger partial charge in [-0.2, -0.15) is 0 Å². The van der Waals surface area contributed by atoms with E-state index in [1.54, 1.807) is 0 Å². The zero-order chi connectivity index (χ0) is 8.32. The summed E-state index contributed by atoms with van der Waals surface area (Å²) in [5.41, 5.74) is 0. The first-order chi connectivity index (χ1) is 5.08. The number of ether oxygens (including phenoxy) is 1. The van der Waals surface area contributed by atoms with Gasteiger partial charge in [-0.25, -0.2) is 0 Å². The van der Waals surface area contributed by atoms with Crippen molar-refractivity contribution < 1.29 is 69.1 Å². The molecule has 0 aromatic carbocycles. The Bertz CT molecular complexity index is 126. The van der Waals surface area contributed by atoms with Crippen LogP contribution in [0.5, 0.6) is 0 Å². The molecule has 0 amide bonds. The molecular formula is C6H11BF3KO. The standard InChI is InChI=1S/C6H11BF3O.K/c8-7(9,10)5-11-4-6-2-1-3-6;/h6H,1-5H2;/q-1;+1. The van der Waals surface area contributed by atoms with Crippen LogP contribution in [0.3, 0.4) is 0 Å². The number of hydrogen-bond acceptors (Lipinski definition) is 1. The zero-order valence-corrected chi connectivity index (χ0v) is 10.4. The first-order valence-electron chi connectivity index (χ1n) is 3.86. The SMILES string of the molecule is F[B-](F)(F)COCC1CCC1.[K+]. The van der Waals surface area contributed by atoms with Gasteiger partial charge < -0.3 is 17.7 Å². The molecule has 0 aromatic rings. The third-order valence-corrected chi connectivity index (χ3v) is 1.89. The van der Waals surface area contributed by atoms with E-state index in [1.807, 2.05) is 0 Å². The van der Waals surface area contributed by atoms with Crippen molar-refractivity contribution in [2.24, 2.45) is 5.92 Å². The second-order valence-corrected chi connectivity index (χ2v) is 3.04. The molecule has 1 saturated carbocycles. The average molecular weight is 206 g/mol. The Labute approximate surface area is 113 Å². The first-order valence-corrected chi connectivity index (χ1v) is 3.86. The molecule has 1 nitrogen and oxygen atoms in total. The molecule has 1 aliphatic rings. The fourth-order valence-electron chi connectivity index (χ4n) is 1.03. The second kappa shape index (κ2) is 6.03. The van der Waals surface area contributed by atoms with E-state index >= 15 is 0 Å². The van der Waals surface area contributed by atoms with Crippen molar-refractivity contribution in [3.8, 4) is 0 Å². The summed E-state index contributed by atoms with van der Waals surface area (Å²) in [6.07, 6.45) is 3.21. The van der Waals surface area contributed by atoms with Crippen molar-refractivity contribution in [1.82, 2.24) is 0 Å². The van der Waals surface area contributed by atoms with Crippen molar-refractivity contribution in [1.29, 1.82) is 0 Å². The van der Waals surface area contributed by atoms with E-state index < -0.39 is 13.5 Å². The van der Waals surface area contributed by atoms with Crippen LogP contribution in [0, 0.1) is 5.92 Å². The summed E-state index contributed by atoms with van der Waals surface area (Å²) in [7, 11) is 0. The number of halogens is 3. The first kappa shape index (κ1) is 13.5. The molecule has 0 unspecified atom stereocenters. The number of hydrogen-bond donors (Lipinski definition) is 0. The Morgan fingerprint density at radius 1 is 1.25 bits per heavy atom. The molecule has 0 aliphatic heterocycles. The van der Waals surface area contributed by atoms with E-state index in [9.17, 15) is 12.9 Å². The van der Waals surface area contributed by atoms with Crippen LogP contribution in [0.4, 0.5) is 12.9 Å². The van der Waals surface area contributed by atoms with Crippen LogP contribution in [-0.4, -0.2) is 20.1 Å². The van der Waals surface area contributed by atoms with Crippen molar-refractivity contribution in [3.05, 3.63) is 0 Å². The molecule has 12 heavy (non-hydrogen) atoms. The van der Waals surface area contributed by atoms with Crippen LogP contribution in [0.15, 0.2) is 0 Å². The molecular weight excluding hydrogens is 195 g/mol. The topological polar surface area (TPSA) is 9.23 Å². The molecule has 1 aliphatic carbocycles. The summed E-state index contributed by atoms with van der Waals surface area (Å²) in [6, 6.07) is 0. The molecule has 6 heteroatoms. The monoisotopic (exact) mass is 206 g/mol. The Morgan fingerprint density at radius 2 is 1.83 bits per heavy atom. The van der Waals surface area contributed by atoms with Crippen LogP contribution in [-0.2, 0) is 4.74 Å². The van der Waals surface area contributed by atoms with E-state index in [2.05, 4.69) is 4.74 Å². The van der Waals surface area contributed by atoms with Gasteiger partial charge in [-0.15, -0.1) is 0 Å². The van der Waals surface area contributed by atoms with Crippen molar-refractivity contribution >= 4 is 6.98 Å². The fraction of sp³-hybridized carbons (Fsp3) is 1.00. The van der Waals surface area contributed by atoms with Crippen molar-refractivity contribution in [2.45, 2.75) is 19.3 Å². The summed E-state index contributed by atoms with van der Waals surface area (Å²) in [6.45, 7) is -5.47. The molecule has 0 atom stereocenters. The van der Waals surface area contributed by atoms with Crippen LogP contribution in [0.25, 0.3) is 0 Å². The molecule has 1 fully saturated rings. The van der Waals surface area contributed by atoms with Crippen LogP contribution in [0.2, 0.25) is 0 Å². The molecule has 0 bridgehead atoms. The van der Waals surface area contributed by atoms with E-state index in [0.29, 0.717) is 12.5 Å². The van der Waals surface area contributed by atoms with Crippen LogP contribution >= 0.6 is 0 Å². The zero-order valence-electron chi connectivity index (χ0n) is 7.23. The van der Waals surface area contributed by atoms with E-state index in [-0.39, 0.29) is 51.4 Å². The fourth-order valence-corrected chi connectivity index (χ4v) is 1.03. The van der Waals surface area contributed by atoms with Gasteiger partial charge in [-0.3, -0.25) is 0 Å². The van der Waals surface area contributed by atoms with E-state index in [0.717, 1.165) is 19.3 Å². The summed E-state index contributed by atoms with van der Waals surface area (Å²) < 4.78 is 39.2. The quantitative estimate of drug-likeness (QED) is 0.547. The normalized spacial score (nSPS) is 18.2. The van der Waals surface area contributed by atoms with E-state index in [4.69, 9.17) is 0 Å². The van der Waals surface area contributed by atoms with Gasteiger partial charge in [0, 0.05) is 13.1 Å². The predicted octanol–water partition coefficient (Wildman–Crippen LogP) is -0.806. The summed E-state index contributed by atoms with van der Waals surface area (Å²) in [5, 5.41) is 0. The largest absolute Gasteiger partial charge is 1.00 e. The van der Waals surface area contributed by atoms with Crippen molar-refractivity contribution in [2.75, 3.05) is 13.1 Å². The predicted molar refractivity (Wildman–Crippen MR) is 37.2 cm³/mol. The molecule has 0 aromatic heterocycles. The Hall–Kier alpha value is 1.45. The molecule has 0 spiro atoms. The second-order valence-electron chi connectivity index (χ2n) is 3.04. The summed E-state index contributed by atoms with van der Waals surface area (Å²) in [5.74, 6) is 0.396. The maximum atomic E-state index is 11.6. The van der Waals surface area contributed by atoms with Gasteiger partial charge in [0.15, 0.2) is 0 Å². The van der Waals surface area contributed by atoms with E-state index in [1.165, 1.54) is 0 Å². The molecule has 1 rings (SSSR count). The Kier molecular flexibility index (Phi) is 6.76. The molecule has 0 saturated heterocycles. The maximum Gasteiger partial charge on any atom is 1.00 e.